The van der Waals surface area contributed by atoms with E-state index in [2.05, 4.69) is 15.6 Å². The molecular formula is C37H46N6O6. The number of fused-ring (bicyclic) bond motifs is 2. The van der Waals surface area contributed by atoms with Gasteiger partial charge in [-0.25, -0.2) is 9.59 Å². The fourth-order valence-corrected chi connectivity index (χ4v) is 7.13. The molecule has 1 aromatic carbocycles. The topological polar surface area (TPSA) is 135 Å². The number of nitrogens with one attached hydrogen (secondary N) is 2. The number of Topliss-reactive ketones (excluding diaryl/α,β-unsaturated/α-hetero) is 1. The molecule has 12 heteroatoms. The van der Waals surface area contributed by atoms with Crippen molar-refractivity contribution in [2.45, 2.75) is 84.0 Å². The fourth-order valence-electron chi connectivity index (χ4n) is 7.13. The molecule has 49 heavy (non-hydrogen) atoms. The van der Waals surface area contributed by atoms with Crippen LogP contribution in [0.15, 0.2) is 70.0 Å². The molecule has 4 aliphatic rings. The number of aromatic nitrogens is 1. The molecule has 6 rings (SSSR count). The van der Waals surface area contributed by atoms with Gasteiger partial charge in [0.25, 0.3) is 5.91 Å². The predicted octanol–water partition coefficient (Wildman–Crippen LogP) is 5.07. The lowest BCUT2D eigenvalue weighted by Crippen LogP contribution is -2.52. The molecule has 1 aromatic heterocycles. The van der Waals surface area contributed by atoms with Crippen molar-refractivity contribution in [1.29, 1.82) is 0 Å². The van der Waals surface area contributed by atoms with Gasteiger partial charge in [0.1, 0.15) is 17.0 Å². The minimum absolute atomic E-state index is 0.0369. The highest BCUT2D eigenvalue weighted by Crippen LogP contribution is 2.48. The maximum Gasteiger partial charge on any atom is 0.437 e. The first kappa shape index (κ1) is 34.2. The Kier molecular flexibility index (Phi) is 9.04. The summed E-state index contributed by atoms with van der Waals surface area (Å²) in [4.78, 5) is 61.7. The van der Waals surface area contributed by atoms with Gasteiger partial charge in [0.05, 0.1) is 11.5 Å². The Morgan fingerprint density at radius 3 is 2.33 bits per heavy atom. The molecule has 0 radical (unpaired) electrons. The van der Waals surface area contributed by atoms with Crippen LogP contribution < -0.4 is 10.6 Å². The molecule has 2 N–H and O–H groups in total. The number of ether oxygens (including phenoxy) is 2. The number of hydrogen-bond donors (Lipinski definition) is 2. The Hall–Kier alpha value is -4.71. The lowest BCUT2D eigenvalue weighted by molar-refractivity contribution is -0.126. The number of carbonyl (C=O) groups is 4. The number of para-hydroxylation sites is 1. The van der Waals surface area contributed by atoms with Crippen LogP contribution in [0.1, 0.15) is 72.3 Å². The quantitative estimate of drug-likeness (QED) is 0.342. The SMILES string of the molecule is Cn1cc(C2C(=O)CC=C3C2=C(C2=CCNC2)C(=O)N3C2CCN(C(=NC(=O)OC(C)(C)C)NC(=O)OC(C)(C)C)CC2)c2ccccc21. The molecule has 12 nitrogen and oxygen atoms in total. The van der Waals surface area contributed by atoms with Gasteiger partial charge in [-0.2, -0.15) is 0 Å². The summed E-state index contributed by atoms with van der Waals surface area (Å²) in [6.45, 7) is 12.5. The average Bonchev–Trinajstić information content (AvgIpc) is 3.72. The molecule has 260 valence electrons. The Morgan fingerprint density at radius 1 is 0.980 bits per heavy atom. The van der Waals surface area contributed by atoms with Gasteiger partial charge in [0.15, 0.2) is 0 Å². The van der Waals surface area contributed by atoms with E-state index in [1.807, 2.05) is 59.1 Å². The zero-order valence-corrected chi connectivity index (χ0v) is 29.4. The molecule has 3 amide bonds. The van der Waals surface area contributed by atoms with Crippen molar-refractivity contribution in [3.8, 4) is 0 Å². The van der Waals surface area contributed by atoms with E-state index in [1.165, 1.54) is 0 Å². The monoisotopic (exact) mass is 670 g/mol. The first-order valence-electron chi connectivity index (χ1n) is 16.9. The van der Waals surface area contributed by atoms with Gasteiger partial charge in [-0.15, -0.1) is 4.99 Å². The second-order valence-electron chi connectivity index (χ2n) is 15.0. The third-order valence-corrected chi connectivity index (χ3v) is 9.05. The number of benzene rings is 1. The summed E-state index contributed by atoms with van der Waals surface area (Å²) in [6, 6.07) is 7.87. The van der Waals surface area contributed by atoms with Crippen molar-refractivity contribution in [1.82, 2.24) is 25.0 Å². The zero-order valence-electron chi connectivity index (χ0n) is 29.4. The molecule has 0 saturated carbocycles. The van der Waals surface area contributed by atoms with Crippen molar-refractivity contribution in [3.63, 3.8) is 0 Å². The minimum atomic E-state index is -0.830. The normalized spacial score (nSPS) is 20.9. The van der Waals surface area contributed by atoms with E-state index in [9.17, 15) is 19.2 Å². The van der Waals surface area contributed by atoms with Crippen molar-refractivity contribution in [2.24, 2.45) is 12.0 Å². The van der Waals surface area contributed by atoms with Gasteiger partial charge in [0, 0.05) is 74.1 Å². The number of guanidine groups is 1. The number of amides is 3. The number of ketones is 1. The summed E-state index contributed by atoms with van der Waals surface area (Å²) >= 11 is 0. The van der Waals surface area contributed by atoms with Crippen LogP contribution in [0.4, 0.5) is 9.59 Å². The molecule has 1 fully saturated rings. The Bertz CT molecular complexity index is 1830. The molecule has 1 atom stereocenters. The molecule has 3 aliphatic heterocycles. The fraction of sp³-hybridized carbons (Fsp3) is 0.486. The van der Waals surface area contributed by atoms with Crippen LogP contribution in [0.2, 0.25) is 0 Å². The molecule has 1 saturated heterocycles. The Labute approximate surface area is 286 Å². The van der Waals surface area contributed by atoms with Crippen LogP contribution in [0.5, 0.6) is 0 Å². The maximum atomic E-state index is 14.6. The molecule has 4 heterocycles. The van der Waals surface area contributed by atoms with Crippen LogP contribution in [-0.2, 0) is 26.1 Å². The Morgan fingerprint density at radius 2 is 1.67 bits per heavy atom. The molecular weight excluding hydrogens is 624 g/mol. The summed E-state index contributed by atoms with van der Waals surface area (Å²) in [5.74, 6) is -0.555. The maximum absolute atomic E-state index is 14.6. The second kappa shape index (κ2) is 13.0. The number of carbonyl (C=O) groups excluding carboxylic acids is 4. The van der Waals surface area contributed by atoms with Gasteiger partial charge >= 0.3 is 12.2 Å². The van der Waals surface area contributed by atoms with E-state index in [1.54, 1.807) is 46.4 Å². The highest BCUT2D eigenvalue weighted by molar-refractivity contribution is 6.10. The number of hydrogen-bond acceptors (Lipinski definition) is 7. The molecule has 0 bridgehead atoms. The van der Waals surface area contributed by atoms with Gasteiger partial charge < -0.3 is 29.2 Å². The number of alkyl carbamates (subject to hydrolysis) is 1. The summed E-state index contributed by atoms with van der Waals surface area (Å²) < 4.78 is 12.9. The Balaban J connectivity index is 1.29. The highest BCUT2D eigenvalue weighted by Gasteiger charge is 2.48. The lowest BCUT2D eigenvalue weighted by atomic mass is 9.78. The number of rotatable bonds is 3. The van der Waals surface area contributed by atoms with Crippen molar-refractivity contribution in [3.05, 3.63) is 70.6 Å². The van der Waals surface area contributed by atoms with Gasteiger partial charge in [-0.1, -0.05) is 30.4 Å². The molecule has 0 spiro atoms. The molecule has 2 aromatic rings. The van der Waals surface area contributed by atoms with E-state index >= 15 is 0 Å². The van der Waals surface area contributed by atoms with E-state index in [4.69, 9.17) is 9.47 Å². The van der Waals surface area contributed by atoms with Crippen LogP contribution >= 0.6 is 0 Å². The van der Waals surface area contributed by atoms with Gasteiger partial charge in [-0.3, -0.25) is 14.9 Å². The highest BCUT2D eigenvalue weighted by atomic mass is 16.6. The lowest BCUT2D eigenvalue weighted by Gasteiger charge is -2.39. The number of aliphatic imine (C=N–C) groups is 1. The number of nitrogens with zero attached hydrogens (tertiary/aromatic N) is 4. The van der Waals surface area contributed by atoms with E-state index in [-0.39, 0.29) is 30.1 Å². The predicted molar refractivity (Wildman–Crippen MR) is 186 cm³/mol. The van der Waals surface area contributed by atoms with Gasteiger partial charge in [-0.05, 0) is 71.6 Å². The summed E-state index contributed by atoms with van der Waals surface area (Å²) in [5, 5.41) is 6.98. The largest absolute Gasteiger partial charge is 0.444 e. The first-order valence-corrected chi connectivity index (χ1v) is 16.9. The van der Waals surface area contributed by atoms with Crippen LogP contribution in [0, 0.1) is 0 Å². The second-order valence-corrected chi connectivity index (χ2v) is 15.0. The number of aryl methyl sites for hydroxylation is 1. The molecule has 1 aliphatic carbocycles. The van der Waals surface area contributed by atoms with E-state index in [0.29, 0.717) is 44.6 Å². The summed E-state index contributed by atoms with van der Waals surface area (Å²) in [7, 11) is 1.98. The van der Waals surface area contributed by atoms with Crippen molar-refractivity contribution < 1.29 is 28.7 Å². The molecule has 1 unspecified atom stereocenters. The van der Waals surface area contributed by atoms with Crippen molar-refractivity contribution >= 4 is 40.7 Å². The van der Waals surface area contributed by atoms with E-state index in [0.717, 1.165) is 33.3 Å². The first-order chi connectivity index (χ1) is 23.1. The zero-order chi connectivity index (χ0) is 35.2. The van der Waals surface area contributed by atoms with Gasteiger partial charge in [0.2, 0.25) is 5.96 Å². The minimum Gasteiger partial charge on any atom is -0.444 e. The summed E-state index contributed by atoms with van der Waals surface area (Å²) in [5.41, 5.74) is 3.54. The average molecular weight is 671 g/mol. The van der Waals surface area contributed by atoms with Crippen LogP contribution in [-0.4, -0.2) is 87.6 Å². The smallest absolute Gasteiger partial charge is 0.437 e. The number of likely N-dealkylation sites (tertiary alicyclic amines) is 1. The van der Waals surface area contributed by atoms with Crippen molar-refractivity contribution in [2.75, 3.05) is 26.2 Å². The standard InChI is InChI=1S/C37H46N6O6/c1-36(2,3)48-34(46)39-33(40-35(47)49-37(4,5)6)42-18-15-23(16-19-42)43-27-12-13-28(44)30(25-21-41(7)26-11-9-8-10-24(25)26)31(27)29(32(43)45)22-14-17-38-20-22/h8-12,14,21,23,30,38H,13,15-20H2,1-7H3,(H,39,40,46,47). The van der Waals surface area contributed by atoms with E-state index < -0.39 is 29.3 Å². The third-order valence-electron chi connectivity index (χ3n) is 9.05. The van der Waals surface area contributed by atoms with Crippen LogP contribution in [0.25, 0.3) is 10.9 Å². The number of piperidine rings is 1. The summed E-state index contributed by atoms with van der Waals surface area (Å²) in [6.07, 6.45) is 5.73. The van der Waals surface area contributed by atoms with Crippen LogP contribution in [0.3, 0.4) is 0 Å². The third kappa shape index (κ3) is 7.05. The number of allylic oxidation sites excluding steroid dienone is 2.